The van der Waals surface area contributed by atoms with Crippen LogP contribution in [0.4, 0.5) is 26.3 Å². The molecule has 0 aliphatic heterocycles. The highest BCUT2D eigenvalue weighted by molar-refractivity contribution is 5.38. The van der Waals surface area contributed by atoms with E-state index in [1.165, 1.54) is 0 Å². The molecule has 0 aromatic heterocycles. The van der Waals surface area contributed by atoms with E-state index in [0.29, 0.717) is 6.42 Å². The zero-order valence-electron chi connectivity index (χ0n) is 9.65. The van der Waals surface area contributed by atoms with Crippen LogP contribution >= 0.6 is 0 Å². The molecule has 0 saturated heterocycles. The molecule has 1 aliphatic rings. The van der Waals surface area contributed by atoms with Gasteiger partial charge in [-0.3, -0.25) is 0 Å². The molecule has 1 aliphatic carbocycles. The molecule has 0 unspecified atom stereocenters. The summed E-state index contributed by atoms with van der Waals surface area (Å²) in [6, 6.07) is 1.72. The van der Waals surface area contributed by atoms with Gasteiger partial charge < -0.3 is 5.73 Å². The Bertz CT molecular complexity index is 444. The average Bonchev–Trinajstić information content (AvgIpc) is 3.05. The fourth-order valence-electron chi connectivity index (χ4n) is 2.11. The maximum atomic E-state index is 12.6. The number of alkyl halides is 6. The van der Waals surface area contributed by atoms with Gasteiger partial charge in [-0.05, 0) is 48.6 Å². The molecule has 0 spiro atoms. The smallest absolute Gasteiger partial charge is 0.330 e. The van der Waals surface area contributed by atoms with Crippen molar-refractivity contribution in [1.29, 1.82) is 0 Å². The predicted octanol–water partition coefficient (Wildman–Crippen LogP) is 3.79. The topological polar surface area (TPSA) is 26.0 Å². The Morgan fingerprint density at radius 3 is 1.74 bits per heavy atom. The van der Waals surface area contributed by atoms with Crippen LogP contribution in [0.25, 0.3) is 0 Å². The molecular formula is C12H11F6N. The monoisotopic (exact) mass is 283 g/mol. The van der Waals surface area contributed by atoms with E-state index in [1.807, 2.05) is 0 Å². The van der Waals surface area contributed by atoms with Crippen LogP contribution in [0.3, 0.4) is 0 Å². The zero-order valence-corrected chi connectivity index (χ0v) is 9.65. The van der Waals surface area contributed by atoms with E-state index in [9.17, 15) is 26.3 Å². The van der Waals surface area contributed by atoms with Crippen molar-refractivity contribution in [3.05, 3.63) is 34.9 Å². The number of benzene rings is 1. The van der Waals surface area contributed by atoms with E-state index < -0.39 is 23.5 Å². The molecule has 19 heavy (non-hydrogen) atoms. The Morgan fingerprint density at radius 1 is 0.947 bits per heavy atom. The lowest BCUT2D eigenvalue weighted by atomic mass is 10.0. The molecule has 0 amide bonds. The van der Waals surface area contributed by atoms with Gasteiger partial charge in [-0.1, -0.05) is 0 Å². The van der Waals surface area contributed by atoms with Crippen molar-refractivity contribution in [2.24, 2.45) is 11.7 Å². The van der Waals surface area contributed by atoms with E-state index in [0.717, 1.165) is 12.1 Å². The number of hydrogen-bond acceptors (Lipinski definition) is 1. The number of nitrogens with two attached hydrogens (primary N) is 1. The van der Waals surface area contributed by atoms with Gasteiger partial charge in [0.25, 0.3) is 0 Å². The van der Waals surface area contributed by atoms with Gasteiger partial charge in [0, 0.05) is 0 Å². The van der Waals surface area contributed by atoms with Gasteiger partial charge in [0.05, 0.1) is 11.1 Å². The third kappa shape index (κ3) is 3.02. The van der Waals surface area contributed by atoms with Crippen LogP contribution in [0.15, 0.2) is 18.2 Å². The zero-order chi connectivity index (χ0) is 14.4. The molecule has 2 N–H and O–H groups in total. The summed E-state index contributed by atoms with van der Waals surface area (Å²) in [5.41, 5.74) is 2.90. The molecule has 2 rings (SSSR count). The molecule has 7 heteroatoms. The second-order valence-corrected chi connectivity index (χ2v) is 4.68. The third-order valence-corrected chi connectivity index (χ3v) is 3.26. The van der Waals surface area contributed by atoms with E-state index in [-0.39, 0.29) is 30.0 Å². The first-order chi connectivity index (χ1) is 8.63. The highest BCUT2D eigenvalue weighted by atomic mass is 19.4. The maximum Gasteiger partial charge on any atom is 0.416 e. The molecule has 1 saturated carbocycles. The lowest BCUT2D eigenvalue weighted by molar-refractivity contribution is -0.143. The van der Waals surface area contributed by atoms with E-state index in [2.05, 4.69) is 0 Å². The average molecular weight is 283 g/mol. The fraction of sp³-hybridized carbons (Fsp3) is 0.500. The summed E-state index contributed by atoms with van der Waals surface area (Å²) >= 11 is 0. The van der Waals surface area contributed by atoms with Gasteiger partial charge in [0.15, 0.2) is 0 Å². The Kier molecular flexibility index (Phi) is 3.28. The first-order valence-corrected chi connectivity index (χ1v) is 5.62. The number of hydrogen-bond donors (Lipinski definition) is 1. The first-order valence-electron chi connectivity index (χ1n) is 5.62. The maximum absolute atomic E-state index is 12.6. The minimum Gasteiger partial charge on any atom is -0.330 e. The Labute approximate surface area is 105 Å². The molecule has 1 aromatic carbocycles. The van der Waals surface area contributed by atoms with Gasteiger partial charge in [-0.25, -0.2) is 0 Å². The summed E-state index contributed by atoms with van der Waals surface area (Å²) in [6.07, 6.45) is -9.04. The Morgan fingerprint density at radius 2 is 1.42 bits per heavy atom. The molecule has 0 bridgehead atoms. The van der Waals surface area contributed by atoms with Crippen LogP contribution in [0.2, 0.25) is 0 Å². The van der Waals surface area contributed by atoms with Gasteiger partial charge in [0.1, 0.15) is 0 Å². The molecular weight excluding hydrogens is 272 g/mol. The third-order valence-electron chi connectivity index (χ3n) is 3.26. The Balaban J connectivity index is 2.44. The molecule has 2 atom stereocenters. The molecule has 1 aromatic rings. The second-order valence-electron chi connectivity index (χ2n) is 4.68. The van der Waals surface area contributed by atoms with Crippen molar-refractivity contribution >= 4 is 0 Å². The largest absolute Gasteiger partial charge is 0.416 e. The number of rotatable bonds is 2. The SMILES string of the molecule is NC[C@@H]1C[C@H]1c1cc(C(F)(F)F)cc(C(F)(F)F)c1. The predicted molar refractivity (Wildman–Crippen MR) is 56.3 cm³/mol. The molecule has 1 fully saturated rings. The van der Waals surface area contributed by atoms with Gasteiger partial charge in [-0.2, -0.15) is 26.3 Å². The highest BCUT2D eigenvalue weighted by Crippen LogP contribution is 2.49. The van der Waals surface area contributed by atoms with Crippen LogP contribution in [0, 0.1) is 5.92 Å². The molecule has 1 nitrogen and oxygen atoms in total. The quantitative estimate of drug-likeness (QED) is 0.821. The molecule has 0 radical (unpaired) electrons. The number of halogens is 6. The van der Waals surface area contributed by atoms with Crippen molar-refractivity contribution in [2.75, 3.05) is 6.54 Å². The van der Waals surface area contributed by atoms with E-state index in [1.54, 1.807) is 0 Å². The van der Waals surface area contributed by atoms with E-state index in [4.69, 9.17) is 5.73 Å². The lowest BCUT2D eigenvalue weighted by Crippen LogP contribution is -2.12. The second kappa shape index (κ2) is 4.40. The normalized spacial score (nSPS) is 23.5. The van der Waals surface area contributed by atoms with Crippen LogP contribution in [-0.4, -0.2) is 6.54 Å². The molecule has 106 valence electrons. The van der Waals surface area contributed by atoms with Crippen molar-refractivity contribution in [1.82, 2.24) is 0 Å². The summed E-state index contributed by atoms with van der Waals surface area (Å²) in [7, 11) is 0. The van der Waals surface area contributed by atoms with Crippen molar-refractivity contribution in [2.45, 2.75) is 24.7 Å². The minimum atomic E-state index is -4.79. The van der Waals surface area contributed by atoms with Crippen molar-refractivity contribution in [3.8, 4) is 0 Å². The summed E-state index contributed by atoms with van der Waals surface area (Å²) in [5.74, 6) is -0.321. The van der Waals surface area contributed by atoms with Crippen LogP contribution in [0.5, 0.6) is 0 Å². The summed E-state index contributed by atoms with van der Waals surface area (Å²) < 4.78 is 75.6. The highest BCUT2D eigenvalue weighted by Gasteiger charge is 2.42. The van der Waals surface area contributed by atoms with Gasteiger partial charge in [-0.15, -0.1) is 0 Å². The summed E-state index contributed by atoms with van der Waals surface area (Å²) in [6.45, 7) is 0.266. The summed E-state index contributed by atoms with van der Waals surface area (Å²) in [5, 5.41) is 0. The summed E-state index contributed by atoms with van der Waals surface area (Å²) in [4.78, 5) is 0. The first kappa shape index (κ1) is 14.2. The standard InChI is InChI=1S/C12H11F6N/c13-11(14,15)8-1-6(10-3-7(10)5-19)2-9(4-8)12(16,17)18/h1-2,4,7,10H,3,5,19H2/t7-,10-/m0/s1. The van der Waals surface area contributed by atoms with Crippen LogP contribution in [-0.2, 0) is 12.4 Å². The lowest BCUT2D eigenvalue weighted by Gasteiger charge is -2.14. The minimum absolute atomic E-state index is 0.0235. The van der Waals surface area contributed by atoms with Crippen LogP contribution < -0.4 is 5.73 Å². The fourth-order valence-corrected chi connectivity index (χ4v) is 2.11. The van der Waals surface area contributed by atoms with Gasteiger partial charge in [0.2, 0.25) is 0 Å². The van der Waals surface area contributed by atoms with Gasteiger partial charge >= 0.3 is 12.4 Å². The Hall–Kier alpha value is -1.24. The van der Waals surface area contributed by atoms with Crippen molar-refractivity contribution in [3.63, 3.8) is 0 Å². The molecule has 0 heterocycles. The van der Waals surface area contributed by atoms with Crippen LogP contribution in [0.1, 0.15) is 29.0 Å². The van der Waals surface area contributed by atoms with E-state index >= 15 is 0 Å². The van der Waals surface area contributed by atoms with Crippen molar-refractivity contribution < 1.29 is 26.3 Å².